The van der Waals surface area contributed by atoms with Gasteiger partial charge in [0.25, 0.3) is 5.91 Å². The van der Waals surface area contributed by atoms with Crippen molar-refractivity contribution in [2.75, 3.05) is 11.7 Å². The molecule has 1 aromatic heterocycles. The van der Waals surface area contributed by atoms with Crippen LogP contribution in [-0.2, 0) is 21.6 Å². The number of ether oxygens (including phenoxy) is 1. The van der Waals surface area contributed by atoms with E-state index >= 15 is 0 Å². The summed E-state index contributed by atoms with van der Waals surface area (Å²) >= 11 is 6.31. The van der Waals surface area contributed by atoms with Crippen molar-refractivity contribution in [1.29, 1.82) is 0 Å². The van der Waals surface area contributed by atoms with E-state index in [1.165, 1.54) is 24.3 Å². The summed E-state index contributed by atoms with van der Waals surface area (Å²) in [5.74, 6) is 0.969. The van der Waals surface area contributed by atoms with Crippen LogP contribution in [0, 0.1) is 0 Å². The Kier molecular flexibility index (Phi) is 5.01. The number of hydrazine groups is 1. The fourth-order valence-electron chi connectivity index (χ4n) is 3.88. The average Bonchev–Trinajstić information content (AvgIpc) is 2.89. The normalized spacial score (nSPS) is 21.7. The summed E-state index contributed by atoms with van der Waals surface area (Å²) in [6, 6.07) is 0. The van der Waals surface area contributed by atoms with E-state index in [9.17, 15) is 9.90 Å². The first-order chi connectivity index (χ1) is 13.4. The number of aliphatic imine (C=N–C) groups is 1. The molecule has 0 bridgehead atoms. The van der Waals surface area contributed by atoms with Gasteiger partial charge in [0.15, 0.2) is 11.6 Å². The molecule has 1 aromatic rings. The molecule has 28 heavy (non-hydrogen) atoms. The summed E-state index contributed by atoms with van der Waals surface area (Å²) in [5.41, 5.74) is -0.324. The summed E-state index contributed by atoms with van der Waals surface area (Å²) in [5, 5.41) is 12.7. The number of fused-ring (bicyclic) bond motifs is 1. The fraction of sp³-hybridized carbons (Fsp3) is 0.579. The molecule has 1 N–H and O–H groups in total. The highest BCUT2D eigenvalue weighted by molar-refractivity contribution is 6.31. The fourth-order valence-corrected chi connectivity index (χ4v) is 4.30. The van der Waals surface area contributed by atoms with Gasteiger partial charge in [-0.05, 0) is 39.5 Å². The molecule has 0 saturated heterocycles. The molecule has 3 aliphatic rings. The Labute approximate surface area is 168 Å². The molecular formula is C19H24ClN5O3. The van der Waals surface area contributed by atoms with Gasteiger partial charge in [-0.1, -0.05) is 18.0 Å². The predicted octanol–water partition coefficient (Wildman–Crippen LogP) is 2.70. The van der Waals surface area contributed by atoms with Crippen LogP contribution in [0.25, 0.3) is 0 Å². The Hall–Kier alpha value is -2.19. The summed E-state index contributed by atoms with van der Waals surface area (Å²) in [6.07, 6.45) is 9.52. The first-order valence-corrected chi connectivity index (χ1v) is 9.98. The van der Waals surface area contributed by atoms with Crippen LogP contribution in [0.5, 0.6) is 0 Å². The number of rotatable bonds is 3. The SMILES string of the molecule is CC1(C)C(=O)N(N2C=CC(OC3CCCCC3)=NC2)c2nc(CO)nc(Cl)c21. The number of aromatic nitrogens is 2. The number of carbonyl (C=O) groups is 1. The Bertz CT molecular complexity index is 848. The molecule has 0 atom stereocenters. The molecule has 0 radical (unpaired) electrons. The Balaban J connectivity index is 1.57. The van der Waals surface area contributed by atoms with E-state index in [1.54, 1.807) is 31.1 Å². The highest BCUT2D eigenvalue weighted by Gasteiger charge is 2.49. The van der Waals surface area contributed by atoms with Crippen LogP contribution in [0.4, 0.5) is 5.82 Å². The van der Waals surface area contributed by atoms with E-state index in [0.717, 1.165) is 12.8 Å². The predicted molar refractivity (Wildman–Crippen MR) is 105 cm³/mol. The minimum absolute atomic E-state index is 0.171. The van der Waals surface area contributed by atoms with Crippen LogP contribution >= 0.6 is 11.6 Å². The van der Waals surface area contributed by atoms with Crippen molar-refractivity contribution in [3.05, 3.63) is 28.8 Å². The zero-order valence-electron chi connectivity index (χ0n) is 16.1. The smallest absolute Gasteiger partial charge is 0.257 e. The van der Waals surface area contributed by atoms with Crippen molar-refractivity contribution >= 4 is 29.2 Å². The van der Waals surface area contributed by atoms with Gasteiger partial charge in [0.05, 0.1) is 5.41 Å². The van der Waals surface area contributed by atoms with Crippen molar-refractivity contribution in [2.45, 2.75) is 64.1 Å². The number of nitrogens with zero attached hydrogens (tertiary/aromatic N) is 5. The third-order valence-electron chi connectivity index (χ3n) is 5.44. The topological polar surface area (TPSA) is 91.2 Å². The van der Waals surface area contributed by atoms with Crippen LogP contribution in [0.3, 0.4) is 0 Å². The average molecular weight is 406 g/mol. The number of carbonyl (C=O) groups excluding carboxylic acids is 1. The van der Waals surface area contributed by atoms with Gasteiger partial charge in [-0.25, -0.2) is 15.0 Å². The molecule has 3 heterocycles. The third-order valence-corrected chi connectivity index (χ3v) is 5.72. The zero-order chi connectivity index (χ0) is 19.9. The van der Waals surface area contributed by atoms with E-state index < -0.39 is 5.41 Å². The lowest BCUT2D eigenvalue weighted by Crippen LogP contribution is -2.47. The second-order valence-electron chi connectivity index (χ2n) is 7.80. The molecule has 8 nitrogen and oxygen atoms in total. The number of hydrogen-bond donors (Lipinski definition) is 1. The third kappa shape index (κ3) is 3.24. The molecule has 1 saturated carbocycles. The van der Waals surface area contributed by atoms with Crippen molar-refractivity contribution in [3.8, 4) is 0 Å². The molecule has 4 rings (SSSR count). The number of amides is 1. The molecule has 9 heteroatoms. The first kappa shape index (κ1) is 19.1. The summed E-state index contributed by atoms with van der Waals surface area (Å²) in [4.78, 5) is 26.0. The number of aliphatic hydroxyl groups is 1. The Morgan fingerprint density at radius 3 is 2.68 bits per heavy atom. The van der Waals surface area contributed by atoms with Gasteiger partial charge >= 0.3 is 0 Å². The Morgan fingerprint density at radius 1 is 1.29 bits per heavy atom. The van der Waals surface area contributed by atoms with Crippen LogP contribution < -0.4 is 5.01 Å². The molecule has 0 unspecified atom stereocenters. The van der Waals surface area contributed by atoms with E-state index in [2.05, 4.69) is 15.0 Å². The lowest BCUT2D eigenvalue weighted by Gasteiger charge is -2.32. The van der Waals surface area contributed by atoms with E-state index in [-0.39, 0.29) is 36.3 Å². The van der Waals surface area contributed by atoms with E-state index in [1.807, 2.05) is 0 Å². The zero-order valence-corrected chi connectivity index (χ0v) is 16.8. The van der Waals surface area contributed by atoms with Gasteiger partial charge in [-0.15, -0.1) is 0 Å². The van der Waals surface area contributed by atoms with Gasteiger partial charge in [0, 0.05) is 17.8 Å². The summed E-state index contributed by atoms with van der Waals surface area (Å²) in [7, 11) is 0. The minimum Gasteiger partial charge on any atom is -0.475 e. The van der Waals surface area contributed by atoms with Gasteiger partial charge in [-0.3, -0.25) is 9.80 Å². The van der Waals surface area contributed by atoms with Crippen molar-refractivity contribution in [3.63, 3.8) is 0 Å². The highest BCUT2D eigenvalue weighted by Crippen LogP contribution is 2.44. The molecular weight excluding hydrogens is 382 g/mol. The molecule has 2 aliphatic heterocycles. The summed E-state index contributed by atoms with van der Waals surface area (Å²) < 4.78 is 5.99. The molecule has 0 aromatic carbocycles. The molecule has 150 valence electrons. The largest absolute Gasteiger partial charge is 0.475 e. The minimum atomic E-state index is -0.878. The standard InChI is InChI=1S/C19H24ClN5O3/c1-19(2)15-16(20)22-13(10-26)23-17(15)25(18(19)27)24-9-8-14(21-11-24)28-12-6-4-3-5-7-12/h8-9,12,26H,3-7,10-11H2,1-2H3. The summed E-state index contributed by atoms with van der Waals surface area (Å²) in [6.45, 7) is 3.45. The van der Waals surface area contributed by atoms with Crippen LogP contribution in [0.2, 0.25) is 5.15 Å². The van der Waals surface area contributed by atoms with Gasteiger partial charge in [0.2, 0.25) is 5.90 Å². The van der Waals surface area contributed by atoms with Crippen LogP contribution in [0.15, 0.2) is 17.3 Å². The van der Waals surface area contributed by atoms with Crippen molar-refractivity contribution < 1.29 is 14.6 Å². The molecule has 1 amide bonds. The van der Waals surface area contributed by atoms with Gasteiger partial charge < -0.3 is 9.84 Å². The second-order valence-corrected chi connectivity index (χ2v) is 8.16. The van der Waals surface area contributed by atoms with E-state index in [0.29, 0.717) is 17.3 Å². The molecule has 1 aliphatic carbocycles. The van der Waals surface area contributed by atoms with Crippen molar-refractivity contribution in [2.24, 2.45) is 4.99 Å². The number of hydrogen-bond acceptors (Lipinski definition) is 7. The monoisotopic (exact) mass is 405 g/mol. The lowest BCUT2D eigenvalue weighted by atomic mass is 9.88. The van der Waals surface area contributed by atoms with Crippen LogP contribution in [0.1, 0.15) is 57.3 Å². The molecule has 1 fully saturated rings. The number of anilines is 1. The maximum Gasteiger partial charge on any atom is 0.257 e. The van der Waals surface area contributed by atoms with E-state index in [4.69, 9.17) is 16.3 Å². The lowest BCUT2D eigenvalue weighted by molar-refractivity contribution is -0.124. The number of aliphatic hydroxyl groups excluding tert-OH is 1. The van der Waals surface area contributed by atoms with Crippen LogP contribution in [-0.4, -0.2) is 44.7 Å². The van der Waals surface area contributed by atoms with Gasteiger partial charge in [-0.2, -0.15) is 5.01 Å². The quantitative estimate of drug-likeness (QED) is 0.777. The second kappa shape index (κ2) is 7.33. The maximum absolute atomic E-state index is 13.1. The number of halogens is 1. The molecule has 0 spiro atoms. The Morgan fingerprint density at radius 2 is 2.04 bits per heavy atom. The van der Waals surface area contributed by atoms with Crippen molar-refractivity contribution in [1.82, 2.24) is 15.0 Å². The van der Waals surface area contributed by atoms with Gasteiger partial charge in [0.1, 0.15) is 24.5 Å². The highest BCUT2D eigenvalue weighted by atomic mass is 35.5. The first-order valence-electron chi connectivity index (χ1n) is 9.60. The maximum atomic E-state index is 13.1.